The summed E-state index contributed by atoms with van der Waals surface area (Å²) in [4.78, 5) is 16.4. The largest absolute Gasteiger partial charge is 0.364 e. The fraction of sp³-hybridized carbons (Fsp3) is 0.105. The van der Waals surface area contributed by atoms with Gasteiger partial charge in [0.15, 0.2) is 0 Å². The molecule has 0 saturated carbocycles. The number of aryl methyl sites for hydroxylation is 1. The van der Waals surface area contributed by atoms with Crippen LogP contribution in [0.3, 0.4) is 0 Å². The van der Waals surface area contributed by atoms with Crippen molar-refractivity contribution in [2.24, 2.45) is 0 Å². The number of hydrogen-bond acceptors (Lipinski definition) is 4. The number of rotatable bonds is 4. The number of fused-ring (bicyclic) bond motifs is 1. The zero-order chi connectivity index (χ0) is 17.2. The number of benzene rings is 2. The summed E-state index contributed by atoms with van der Waals surface area (Å²) in [6, 6.07) is 13.8. The van der Waals surface area contributed by atoms with Crippen LogP contribution in [0.4, 0.5) is 5.82 Å². The summed E-state index contributed by atoms with van der Waals surface area (Å²) in [6.07, 6.45) is 3.38. The number of imidazole rings is 1. The molecule has 0 fully saturated rings. The van der Waals surface area contributed by atoms with Gasteiger partial charge in [-0.05, 0) is 25.1 Å². The minimum Gasteiger partial charge on any atom is -0.364 e. The average molecular weight is 350 g/mol. The normalized spacial score (nSPS) is 11.0. The topological polar surface area (TPSA) is 66.5 Å². The Bertz CT molecular complexity index is 1020. The Morgan fingerprint density at radius 1 is 1.04 bits per heavy atom. The second kappa shape index (κ2) is 6.53. The standard InChI is InChI=1S/C19H16ClN5/c1-12-2-4-13(5-3-12)18-21-9-15(25-18)10-22-19-16-8-14(20)6-7-17(16)23-11-24-19/h2-9,11H,10H2,1H3,(H,21,25)(H,22,23,24). The molecule has 6 heteroatoms. The molecule has 0 aliphatic rings. The Balaban J connectivity index is 1.54. The predicted octanol–water partition coefficient (Wildman–Crippen LogP) is 4.59. The summed E-state index contributed by atoms with van der Waals surface area (Å²) in [5.74, 6) is 1.60. The molecule has 2 aromatic carbocycles. The van der Waals surface area contributed by atoms with Gasteiger partial charge in [-0.25, -0.2) is 15.0 Å². The number of hydrogen-bond donors (Lipinski definition) is 2. The van der Waals surface area contributed by atoms with E-state index in [4.69, 9.17) is 11.6 Å². The van der Waals surface area contributed by atoms with Crippen molar-refractivity contribution in [1.82, 2.24) is 19.9 Å². The predicted molar refractivity (Wildman–Crippen MR) is 101 cm³/mol. The molecule has 0 unspecified atom stereocenters. The van der Waals surface area contributed by atoms with Gasteiger partial charge >= 0.3 is 0 Å². The van der Waals surface area contributed by atoms with Crippen LogP contribution in [0.15, 0.2) is 55.0 Å². The van der Waals surface area contributed by atoms with E-state index in [-0.39, 0.29) is 0 Å². The van der Waals surface area contributed by atoms with Crippen LogP contribution in [0.1, 0.15) is 11.3 Å². The Labute approximate surface area is 150 Å². The van der Waals surface area contributed by atoms with Gasteiger partial charge in [-0.3, -0.25) is 0 Å². The second-order valence-corrected chi connectivity index (χ2v) is 6.30. The zero-order valence-corrected chi connectivity index (χ0v) is 14.4. The highest BCUT2D eigenvalue weighted by Crippen LogP contribution is 2.23. The summed E-state index contributed by atoms with van der Waals surface area (Å²) < 4.78 is 0. The van der Waals surface area contributed by atoms with Crippen molar-refractivity contribution in [2.75, 3.05) is 5.32 Å². The van der Waals surface area contributed by atoms with E-state index in [0.29, 0.717) is 11.6 Å². The van der Waals surface area contributed by atoms with Crippen molar-refractivity contribution in [3.05, 3.63) is 71.3 Å². The Morgan fingerprint density at radius 2 is 1.88 bits per heavy atom. The van der Waals surface area contributed by atoms with Crippen molar-refractivity contribution in [3.8, 4) is 11.4 Å². The molecule has 5 nitrogen and oxygen atoms in total. The van der Waals surface area contributed by atoms with Crippen molar-refractivity contribution >= 4 is 28.3 Å². The summed E-state index contributed by atoms with van der Waals surface area (Å²) in [5, 5.41) is 4.88. The molecule has 0 amide bonds. The lowest BCUT2D eigenvalue weighted by Gasteiger charge is -2.07. The van der Waals surface area contributed by atoms with E-state index in [1.54, 1.807) is 6.33 Å². The zero-order valence-electron chi connectivity index (χ0n) is 13.6. The minimum absolute atomic E-state index is 0.581. The van der Waals surface area contributed by atoms with Gasteiger partial charge in [0.1, 0.15) is 18.0 Å². The molecule has 2 heterocycles. The highest BCUT2D eigenvalue weighted by atomic mass is 35.5. The molecule has 0 radical (unpaired) electrons. The summed E-state index contributed by atoms with van der Waals surface area (Å²) in [6.45, 7) is 2.65. The van der Waals surface area contributed by atoms with Crippen LogP contribution in [0.25, 0.3) is 22.3 Å². The van der Waals surface area contributed by atoms with Crippen LogP contribution >= 0.6 is 11.6 Å². The summed E-state index contributed by atoms with van der Waals surface area (Å²) in [5.41, 5.74) is 4.12. The van der Waals surface area contributed by atoms with E-state index in [0.717, 1.165) is 33.8 Å². The van der Waals surface area contributed by atoms with Gasteiger partial charge in [0.05, 0.1) is 24.0 Å². The molecule has 2 N–H and O–H groups in total. The fourth-order valence-electron chi connectivity index (χ4n) is 2.66. The van der Waals surface area contributed by atoms with E-state index < -0.39 is 0 Å². The van der Waals surface area contributed by atoms with Crippen LogP contribution in [0.2, 0.25) is 5.02 Å². The first-order valence-electron chi connectivity index (χ1n) is 7.94. The quantitative estimate of drug-likeness (QED) is 0.565. The SMILES string of the molecule is Cc1ccc(-c2ncc(CNc3ncnc4ccc(Cl)cc34)[nH]2)cc1. The van der Waals surface area contributed by atoms with Crippen LogP contribution in [0, 0.1) is 6.92 Å². The molecule has 25 heavy (non-hydrogen) atoms. The summed E-state index contributed by atoms with van der Waals surface area (Å²) in [7, 11) is 0. The lowest BCUT2D eigenvalue weighted by molar-refractivity contribution is 1.05. The average Bonchev–Trinajstić information content (AvgIpc) is 3.09. The van der Waals surface area contributed by atoms with Gasteiger partial charge in [-0.2, -0.15) is 0 Å². The molecule has 0 aliphatic heterocycles. The van der Waals surface area contributed by atoms with Crippen LogP contribution in [-0.2, 0) is 6.54 Å². The molecule has 2 aromatic heterocycles. The van der Waals surface area contributed by atoms with E-state index in [2.05, 4.69) is 56.4 Å². The summed E-state index contributed by atoms with van der Waals surface area (Å²) >= 11 is 6.09. The maximum atomic E-state index is 6.09. The molecular weight excluding hydrogens is 334 g/mol. The molecular formula is C19H16ClN5. The van der Waals surface area contributed by atoms with Crippen LogP contribution < -0.4 is 5.32 Å². The fourth-order valence-corrected chi connectivity index (χ4v) is 2.83. The molecule has 0 bridgehead atoms. The Morgan fingerprint density at radius 3 is 2.72 bits per heavy atom. The maximum Gasteiger partial charge on any atom is 0.137 e. The van der Waals surface area contributed by atoms with Gasteiger partial charge < -0.3 is 10.3 Å². The number of aromatic nitrogens is 4. The minimum atomic E-state index is 0.581. The molecule has 124 valence electrons. The lowest BCUT2D eigenvalue weighted by atomic mass is 10.1. The molecule has 4 aromatic rings. The third-order valence-electron chi connectivity index (χ3n) is 4.00. The molecule has 0 saturated heterocycles. The van der Waals surface area contributed by atoms with Gasteiger partial charge in [-0.1, -0.05) is 41.4 Å². The van der Waals surface area contributed by atoms with E-state index in [1.807, 2.05) is 24.4 Å². The molecule has 0 atom stereocenters. The highest BCUT2D eigenvalue weighted by Gasteiger charge is 2.07. The first-order chi connectivity index (χ1) is 12.2. The van der Waals surface area contributed by atoms with E-state index in [9.17, 15) is 0 Å². The lowest BCUT2D eigenvalue weighted by Crippen LogP contribution is -2.03. The van der Waals surface area contributed by atoms with Gasteiger partial charge in [0.2, 0.25) is 0 Å². The third kappa shape index (κ3) is 3.32. The first kappa shape index (κ1) is 15.6. The van der Waals surface area contributed by atoms with Crippen LogP contribution in [0.5, 0.6) is 0 Å². The Hall–Kier alpha value is -2.92. The third-order valence-corrected chi connectivity index (χ3v) is 4.23. The monoisotopic (exact) mass is 349 g/mol. The molecule has 4 rings (SSSR count). The number of nitrogens with zero attached hydrogens (tertiary/aromatic N) is 3. The highest BCUT2D eigenvalue weighted by molar-refractivity contribution is 6.31. The number of anilines is 1. The van der Waals surface area contributed by atoms with Gasteiger partial charge in [0, 0.05) is 16.0 Å². The number of nitrogens with one attached hydrogen (secondary N) is 2. The number of halogens is 1. The van der Waals surface area contributed by atoms with E-state index >= 15 is 0 Å². The van der Waals surface area contributed by atoms with Crippen molar-refractivity contribution < 1.29 is 0 Å². The van der Waals surface area contributed by atoms with Crippen molar-refractivity contribution in [1.29, 1.82) is 0 Å². The second-order valence-electron chi connectivity index (χ2n) is 5.86. The number of H-pyrrole nitrogens is 1. The smallest absolute Gasteiger partial charge is 0.137 e. The number of aromatic amines is 1. The maximum absolute atomic E-state index is 6.09. The van der Waals surface area contributed by atoms with E-state index in [1.165, 1.54) is 5.56 Å². The molecule has 0 spiro atoms. The molecule has 0 aliphatic carbocycles. The van der Waals surface area contributed by atoms with Gasteiger partial charge in [0.25, 0.3) is 0 Å². The Kier molecular flexibility index (Phi) is 4.07. The van der Waals surface area contributed by atoms with Gasteiger partial charge in [-0.15, -0.1) is 0 Å². The van der Waals surface area contributed by atoms with Crippen molar-refractivity contribution in [3.63, 3.8) is 0 Å². The first-order valence-corrected chi connectivity index (χ1v) is 8.32. The van der Waals surface area contributed by atoms with Crippen molar-refractivity contribution in [2.45, 2.75) is 13.5 Å². The van der Waals surface area contributed by atoms with Crippen LogP contribution in [-0.4, -0.2) is 19.9 Å².